The highest BCUT2D eigenvalue weighted by molar-refractivity contribution is 7.80. The zero-order valence-electron chi connectivity index (χ0n) is 19.0. The highest BCUT2D eigenvalue weighted by Gasteiger charge is 2.34. The molecule has 0 saturated heterocycles. The molecule has 4 rings (SSSR count). The van der Waals surface area contributed by atoms with E-state index in [1.807, 2.05) is 60.4 Å². The maximum atomic E-state index is 5.76. The zero-order valence-corrected chi connectivity index (χ0v) is 19.8. The van der Waals surface area contributed by atoms with Crippen LogP contribution in [-0.2, 0) is 4.74 Å². The zero-order chi connectivity index (χ0) is 23.4. The molecule has 1 unspecified atom stereocenters. The van der Waals surface area contributed by atoms with Gasteiger partial charge in [-0.1, -0.05) is 29.4 Å². The van der Waals surface area contributed by atoms with Gasteiger partial charge in [-0.2, -0.15) is 4.98 Å². The van der Waals surface area contributed by atoms with Crippen LogP contribution in [0.15, 0.2) is 58.8 Å². The molecule has 1 atom stereocenters. The summed E-state index contributed by atoms with van der Waals surface area (Å²) in [5, 5.41) is 8.28. The van der Waals surface area contributed by atoms with Crippen molar-refractivity contribution in [2.75, 3.05) is 34.5 Å². The molecule has 8 nitrogen and oxygen atoms in total. The van der Waals surface area contributed by atoms with Crippen molar-refractivity contribution in [3.63, 3.8) is 0 Å². The minimum atomic E-state index is -0.263. The number of nitrogens with zero attached hydrogens (tertiary/aromatic N) is 3. The molecule has 2 heterocycles. The van der Waals surface area contributed by atoms with Crippen LogP contribution < -0.4 is 14.8 Å². The molecule has 1 aromatic heterocycles. The summed E-state index contributed by atoms with van der Waals surface area (Å²) in [7, 11) is 4.93. The summed E-state index contributed by atoms with van der Waals surface area (Å²) in [6.07, 6.45) is 0. The Morgan fingerprint density at radius 2 is 1.82 bits per heavy atom. The van der Waals surface area contributed by atoms with Crippen LogP contribution in [0.2, 0.25) is 0 Å². The van der Waals surface area contributed by atoms with Gasteiger partial charge < -0.3 is 29.0 Å². The van der Waals surface area contributed by atoms with E-state index in [0.717, 1.165) is 33.9 Å². The van der Waals surface area contributed by atoms with E-state index in [1.165, 1.54) is 0 Å². The van der Waals surface area contributed by atoms with Crippen molar-refractivity contribution in [2.24, 2.45) is 0 Å². The van der Waals surface area contributed by atoms with Crippen LogP contribution in [0.3, 0.4) is 0 Å². The number of methoxy groups -OCH3 is 3. The molecule has 1 N–H and O–H groups in total. The summed E-state index contributed by atoms with van der Waals surface area (Å²) in [6.45, 7) is 3.13. The van der Waals surface area contributed by atoms with Gasteiger partial charge >= 0.3 is 0 Å². The van der Waals surface area contributed by atoms with Crippen molar-refractivity contribution < 1.29 is 18.7 Å². The van der Waals surface area contributed by atoms with Crippen LogP contribution in [0.1, 0.15) is 24.4 Å². The number of aromatic nitrogens is 2. The predicted octanol–water partition coefficient (Wildman–Crippen LogP) is 4.06. The summed E-state index contributed by atoms with van der Waals surface area (Å²) in [4.78, 5) is 6.71. The van der Waals surface area contributed by atoms with Gasteiger partial charge in [-0.25, -0.2) is 0 Å². The number of allylic oxidation sites excluding steroid dienone is 1. The van der Waals surface area contributed by atoms with E-state index in [1.54, 1.807) is 21.3 Å². The van der Waals surface area contributed by atoms with E-state index >= 15 is 0 Å². The van der Waals surface area contributed by atoms with Gasteiger partial charge in [0.2, 0.25) is 5.82 Å². The maximum absolute atomic E-state index is 5.76. The SMILES string of the molecule is COCCN1C(=S)NC(c2ccc(OC)cc2)C(c2nc(-c3cccc(OC)c3)no2)=C1C. The van der Waals surface area contributed by atoms with E-state index in [-0.39, 0.29) is 6.04 Å². The van der Waals surface area contributed by atoms with E-state index in [4.69, 9.17) is 35.9 Å². The minimum Gasteiger partial charge on any atom is -0.497 e. The van der Waals surface area contributed by atoms with Gasteiger partial charge in [0.05, 0.1) is 32.4 Å². The number of ether oxygens (including phenoxy) is 3. The fraction of sp³-hybridized carbons (Fsp3) is 0.292. The lowest BCUT2D eigenvalue weighted by Gasteiger charge is -2.37. The van der Waals surface area contributed by atoms with Crippen LogP contribution >= 0.6 is 12.2 Å². The fourth-order valence-electron chi connectivity index (χ4n) is 3.77. The third-order valence-corrected chi connectivity index (χ3v) is 5.89. The Balaban J connectivity index is 1.78. The number of nitrogens with one attached hydrogen (secondary N) is 1. The smallest absolute Gasteiger partial charge is 0.258 e. The summed E-state index contributed by atoms with van der Waals surface area (Å²) >= 11 is 5.68. The molecule has 172 valence electrons. The van der Waals surface area contributed by atoms with Crippen molar-refractivity contribution in [1.82, 2.24) is 20.4 Å². The molecule has 0 spiro atoms. The number of benzene rings is 2. The first-order valence-electron chi connectivity index (χ1n) is 10.5. The normalized spacial score (nSPS) is 16.1. The van der Waals surface area contributed by atoms with Crippen molar-refractivity contribution in [1.29, 1.82) is 0 Å². The topological polar surface area (TPSA) is 81.9 Å². The third-order valence-electron chi connectivity index (χ3n) is 5.55. The lowest BCUT2D eigenvalue weighted by molar-refractivity contribution is 0.183. The predicted molar refractivity (Wildman–Crippen MR) is 129 cm³/mol. The van der Waals surface area contributed by atoms with Crippen molar-refractivity contribution >= 4 is 22.9 Å². The Kier molecular flexibility index (Phi) is 6.90. The lowest BCUT2D eigenvalue weighted by atomic mass is 9.94. The quantitative estimate of drug-likeness (QED) is 0.494. The van der Waals surface area contributed by atoms with Crippen LogP contribution in [0.5, 0.6) is 11.5 Å². The Morgan fingerprint density at radius 1 is 1.06 bits per heavy atom. The molecule has 0 fully saturated rings. The summed E-state index contributed by atoms with van der Waals surface area (Å²) in [6, 6.07) is 15.1. The molecular formula is C24H26N4O4S. The van der Waals surface area contributed by atoms with Crippen LogP contribution in [0.4, 0.5) is 0 Å². The molecule has 0 aliphatic carbocycles. The van der Waals surface area contributed by atoms with E-state index < -0.39 is 0 Å². The van der Waals surface area contributed by atoms with Gasteiger partial charge in [0.25, 0.3) is 5.89 Å². The standard InChI is InChI=1S/C24H26N4O4S/c1-15-20(23-26-22(27-32-23)17-6-5-7-19(14-17)31-4)21(16-8-10-18(30-3)11-9-16)25-24(33)28(15)12-13-29-2/h5-11,14,21H,12-13H2,1-4H3,(H,25,33). The van der Waals surface area contributed by atoms with Crippen LogP contribution in [-0.4, -0.2) is 54.6 Å². The number of hydrogen-bond acceptors (Lipinski definition) is 7. The second-order valence-electron chi connectivity index (χ2n) is 7.45. The molecule has 1 aliphatic heterocycles. The van der Waals surface area contributed by atoms with Crippen molar-refractivity contribution in [3.05, 3.63) is 65.7 Å². The number of thiocarbonyl (C=S) groups is 1. The monoisotopic (exact) mass is 466 g/mol. The largest absolute Gasteiger partial charge is 0.497 e. The highest BCUT2D eigenvalue weighted by Crippen LogP contribution is 2.38. The second-order valence-corrected chi connectivity index (χ2v) is 7.84. The first kappa shape index (κ1) is 22.8. The average Bonchev–Trinajstić information content (AvgIpc) is 3.33. The first-order chi connectivity index (χ1) is 16.0. The van der Waals surface area contributed by atoms with Crippen molar-refractivity contribution in [2.45, 2.75) is 13.0 Å². The van der Waals surface area contributed by atoms with Gasteiger partial charge in [-0.3, -0.25) is 0 Å². The maximum Gasteiger partial charge on any atom is 0.258 e. The Labute approximate surface area is 198 Å². The summed E-state index contributed by atoms with van der Waals surface area (Å²) < 4.78 is 21.7. The van der Waals surface area contributed by atoms with Gasteiger partial charge in [-0.05, 0) is 49.0 Å². The van der Waals surface area contributed by atoms with Crippen LogP contribution in [0.25, 0.3) is 17.0 Å². The molecule has 2 aromatic carbocycles. The van der Waals surface area contributed by atoms with E-state index in [9.17, 15) is 0 Å². The third kappa shape index (κ3) is 4.69. The average molecular weight is 467 g/mol. The molecule has 1 aliphatic rings. The molecule has 3 aromatic rings. The van der Waals surface area contributed by atoms with Crippen LogP contribution in [0, 0.1) is 0 Å². The first-order valence-corrected chi connectivity index (χ1v) is 10.9. The molecule has 0 radical (unpaired) electrons. The lowest BCUT2D eigenvalue weighted by Crippen LogP contribution is -2.47. The molecule has 0 saturated carbocycles. The molecule has 9 heteroatoms. The fourth-order valence-corrected chi connectivity index (χ4v) is 4.11. The van der Waals surface area contributed by atoms with Gasteiger partial charge in [0.1, 0.15) is 11.5 Å². The molecular weight excluding hydrogens is 440 g/mol. The van der Waals surface area contributed by atoms with Gasteiger partial charge in [0, 0.05) is 24.9 Å². The van der Waals surface area contributed by atoms with Gasteiger partial charge in [0.15, 0.2) is 5.11 Å². The second kappa shape index (κ2) is 10.0. The van der Waals surface area contributed by atoms with E-state index in [0.29, 0.717) is 30.0 Å². The molecule has 0 amide bonds. The Hall–Kier alpha value is -3.43. The number of rotatable bonds is 8. The van der Waals surface area contributed by atoms with Gasteiger partial charge in [-0.15, -0.1) is 0 Å². The van der Waals surface area contributed by atoms with Crippen molar-refractivity contribution in [3.8, 4) is 22.9 Å². The molecule has 0 bridgehead atoms. The van der Waals surface area contributed by atoms with E-state index in [2.05, 4.69) is 10.5 Å². The number of hydrogen-bond donors (Lipinski definition) is 1. The highest BCUT2D eigenvalue weighted by atomic mass is 32.1. The summed E-state index contributed by atoms with van der Waals surface area (Å²) in [5.74, 6) is 2.40. The Morgan fingerprint density at radius 3 is 2.52 bits per heavy atom. The minimum absolute atomic E-state index is 0.263. The Bertz CT molecular complexity index is 1160. The molecule has 33 heavy (non-hydrogen) atoms. The summed E-state index contributed by atoms with van der Waals surface area (Å²) in [5.41, 5.74) is 3.59.